The summed E-state index contributed by atoms with van der Waals surface area (Å²) in [7, 11) is 1.68. The average molecular weight is 267 g/mol. The van der Waals surface area contributed by atoms with E-state index in [4.69, 9.17) is 15.2 Å². The van der Waals surface area contributed by atoms with Gasteiger partial charge in [0, 0.05) is 37.8 Å². The lowest BCUT2D eigenvalue weighted by molar-refractivity contribution is 0.0659. The summed E-state index contributed by atoms with van der Waals surface area (Å²) in [4.78, 5) is 4.12. The summed E-state index contributed by atoms with van der Waals surface area (Å²) in [5.41, 5.74) is 7.84. The summed E-state index contributed by atoms with van der Waals surface area (Å²) in [6.07, 6.45) is 5.38. The quantitative estimate of drug-likeness (QED) is 0.624. The van der Waals surface area contributed by atoms with Gasteiger partial charge in [0.05, 0.1) is 13.2 Å². The first-order chi connectivity index (χ1) is 9.27. The van der Waals surface area contributed by atoms with Crippen molar-refractivity contribution in [3.8, 4) is 0 Å². The average Bonchev–Trinajstić information content (AvgIpc) is 2.41. The molecule has 0 saturated heterocycles. The van der Waals surface area contributed by atoms with E-state index in [0.717, 1.165) is 37.2 Å². The smallest absolute Gasteiger partial charge is 0.0700 e. The van der Waals surface area contributed by atoms with Crippen molar-refractivity contribution in [1.29, 1.82) is 0 Å². The first-order valence-electron chi connectivity index (χ1n) is 6.76. The highest BCUT2D eigenvalue weighted by Crippen LogP contribution is 2.12. The molecular formula is C14H25N3O2. The lowest BCUT2D eigenvalue weighted by Gasteiger charge is -2.18. The number of hydrogen-bond donors (Lipinski definition) is 2. The van der Waals surface area contributed by atoms with Crippen LogP contribution in [0.2, 0.25) is 0 Å². The van der Waals surface area contributed by atoms with Gasteiger partial charge in [-0.25, -0.2) is 0 Å². The summed E-state index contributed by atoms with van der Waals surface area (Å²) >= 11 is 0. The third kappa shape index (κ3) is 6.52. The Morgan fingerprint density at radius 2 is 2.21 bits per heavy atom. The van der Waals surface area contributed by atoms with Crippen LogP contribution in [0.5, 0.6) is 0 Å². The molecule has 0 fully saturated rings. The highest BCUT2D eigenvalue weighted by Gasteiger charge is 2.10. The first kappa shape index (κ1) is 15.9. The van der Waals surface area contributed by atoms with Crippen molar-refractivity contribution >= 4 is 5.69 Å². The van der Waals surface area contributed by atoms with E-state index >= 15 is 0 Å². The molecule has 1 unspecified atom stereocenters. The van der Waals surface area contributed by atoms with Crippen molar-refractivity contribution in [2.24, 2.45) is 0 Å². The second-order valence-corrected chi connectivity index (χ2v) is 4.43. The molecule has 0 aliphatic heterocycles. The van der Waals surface area contributed by atoms with Crippen LogP contribution in [0.1, 0.15) is 18.9 Å². The minimum Gasteiger partial charge on any atom is -0.398 e. The number of pyridine rings is 1. The normalized spacial score (nSPS) is 12.5. The molecule has 0 bridgehead atoms. The van der Waals surface area contributed by atoms with Crippen LogP contribution in [0.3, 0.4) is 0 Å². The van der Waals surface area contributed by atoms with Gasteiger partial charge in [0.25, 0.3) is 0 Å². The Morgan fingerprint density at radius 3 is 2.89 bits per heavy atom. The Labute approximate surface area is 115 Å². The van der Waals surface area contributed by atoms with Crippen LogP contribution >= 0.6 is 0 Å². The van der Waals surface area contributed by atoms with Gasteiger partial charge in [0.2, 0.25) is 0 Å². The van der Waals surface area contributed by atoms with Crippen molar-refractivity contribution in [3.05, 3.63) is 24.0 Å². The van der Waals surface area contributed by atoms with Gasteiger partial charge in [-0.15, -0.1) is 0 Å². The molecule has 1 aromatic rings. The molecule has 0 radical (unpaired) electrons. The molecule has 0 spiro atoms. The summed E-state index contributed by atoms with van der Waals surface area (Å²) in [6, 6.07) is 2.20. The minimum atomic E-state index is 0.360. The number of nitrogen functional groups attached to an aromatic ring is 1. The summed E-state index contributed by atoms with van der Waals surface area (Å²) in [5, 5.41) is 3.45. The maximum Gasteiger partial charge on any atom is 0.0700 e. The predicted molar refractivity (Wildman–Crippen MR) is 77.1 cm³/mol. The van der Waals surface area contributed by atoms with Gasteiger partial charge >= 0.3 is 0 Å². The van der Waals surface area contributed by atoms with Crippen molar-refractivity contribution < 1.29 is 9.47 Å². The Morgan fingerprint density at radius 1 is 1.37 bits per heavy atom. The summed E-state index contributed by atoms with van der Waals surface area (Å²) < 4.78 is 10.4. The molecule has 1 heterocycles. The maximum atomic E-state index is 5.94. The zero-order valence-corrected chi connectivity index (χ0v) is 11.9. The van der Waals surface area contributed by atoms with E-state index in [1.165, 1.54) is 0 Å². The van der Waals surface area contributed by atoms with Crippen LogP contribution < -0.4 is 11.1 Å². The maximum absolute atomic E-state index is 5.94. The van der Waals surface area contributed by atoms with E-state index in [2.05, 4.69) is 17.2 Å². The van der Waals surface area contributed by atoms with E-state index in [1.807, 2.05) is 12.3 Å². The van der Waals surface area contributed by atoms with Gasteiger partial charge in [-0.3, -0.25) is 4.98 Å². The van der Waals surface area contributed by atoms with Crippen LogP contribution in [-0.4, -0.2) is 44.5 Å². The third-order valence-electron chi connectivity index (χ3n) is 2.94. The molecular weight excluding hydrogens is 242 g/mol. The van der Waals surface area contributed by atoms with Crippen molar-refractivity contribution in [2.45, 2.75) is 25.8 Å². The zero-order chi connectivity index (χ0) is 13.9. The largest absolute Gasteiger partial charge is 0.398 e. The molecule has 3 N–H and O–H groups in total. The molecule has 0 aliphatic carbocycles. The number of anilines is 1. The third-order valence-corrected chi connectivity index (χ3v) is 2.94. The standard InChI is InChI=1S/C14H25N3O2/c1-3-17-13(5-7-19-9-8-18-2)10-12-11-16-6-4-14(12)15/h4,6,11,13,17H,3,5,7-10H2,1-2H3,(H2,15,16). The number of aromatic nitrogens is 1. The van der Waals surface area contributed by atoms with Gasteiger partial charge < -0.3 is 20.5 Å². The van der Waals surface area contributed by atoms with Gasteiger partial charge in [0.1, 0.15) is 0 Å². The van der Waals surface area contributed by atoms with Gasteiger partial charge in [0.15, 0.2) is 0 Å². The number of likely N-dealkylation sites (N-methyl/N-ethyl adjacent to an activating group) is 1. The molecule has 0 aromatic carbocycles. The fourth-order valence-electron chi connectivity index (χ4n) is 1.91. The molecule has 19 heavy (non-hydrogen) atoms. The fraction of sp³-hybridized carbons (Fsp3) is 0.643. The number of hydrogen-bond acceptors (Lipinski definition) is 5. The molecule has 1 rings (SSSR count). The molecule has 0 aliphatic rings. The second-order valence-electron chi connectivity index (χ2n) is 4.43. The van der Waals surface area contributed by atoms with E-state index in [0.29, 0.717) is 19.3 Å². The van der Waals surface area contributed by atoms with Crippen LogP contribution in [0.15, 0.2) is 18.5 Å². The van der Waals surface area contributed by atoms with E-state index < -0.39 is 0 Å². The molecule has 1 atom stereocenters. The Kier molecular flexibility index (Phi) is 8.13. The zero-order valence-electron chi connectivity index (χ0n) is 11.9. The van der Waals surface area contributed by atoms with E-state index in [1.54, 1.807) is 13.3 Å². The van der Waals surface area contributed by atoms with Crippen LogP contribution in [0.25, 0.3) is 0 Å². The topological polar surface area (TPSA) is 69.4 Å². The Hall–Kier alpha value is -1.17. The number of ether oxygens (including phenoxy) is 2. The predicted octanol–water partition coefficient (Wildman–Crippen LogP) is 1.24. The van der Waals surface area contributed by atoms with Gasteiger partial charge in [-0.05, 0) is 31.0 Å². The molecule has 5 heteroatoms. The van der Waals surface area contributed by atoms with Crippen molar-refractivity contribution in [1.82, 2.24) is 10.3 Å². The van der Waals surface area contributed by atoms with E-state index in [9.17, 15) is 0 Å². The molecule has 1 aromatic heterocycles. The molecule has 0 amide bonds. The summed E-state index contributed by atoms with van der Waals surface area (Å²) in [6.45, 7) is 5.04. The van der Waals surface area contributed by atoms with Gasteiger partial charge in [-0.2, -0.15) is 0 Å². The molecule has 108 valence electrons. The molecule has 0 saturated carbocycles. The minimum absolute atomic E-state index is 0.360. The van der Waals surface area contributed by atoms with Gasteiger partial charge in [-0.1, -0.05) is 6.92 Å². The van der Waals surface area contributed by atoms with Crippen LogP contribution in [-0.2, 0) is 15.9 Å². The van der Waals surface area contributed by atoms with Crippen LogP contribution in [0, 0.1) is 0 Å². The number of methoxy groups -OCH3 is 1. The highest BCUT2D eigenvalue weighted by molar-refractivity contribution is 5.44. The lowest BCUT2D eigenvalue weighted by atomic mass is 10.0. The van der Waals surface area contributed by atoms with Crippen molar-refractivity contribution in [2.75, 3.05) is 39.2 Å². The van der Waals surface area contributed by atoms with Crippen LogP contribution in [0.4, 0.5) is 5.69 Å². The first-order valence-corrected chi connectivity index (χ1v) is 6.76. The van der Waals surface area contributed by atoms with Crippen molar-refractivity contribution in [3.63, 3.8) is 0 Å². The number of rotatable bonds is 10. The SMILES string of the molecule is CCNC(CCOCCOC)Cc1cnccc1N. The highest BCUT2D eigenvalue weighted by atomic mass is 16.5. The lowest BCUT2D eigenvalue weighted by Crippen LogP contribution is -2.32. The number of nitrogens with two attached hydrogens (primary N) is 1. The number of nitrogens with one attached hydrogen (secondary N) is 1. The van der Waals surface area contributed by atoms with E-state index in [-0.39, 0.29) is 0 Å². The fourth-order valence-corrected chi connectivity index (χ4v) is 1.91. The Bertz CT molecular complexity index is 347. The second kappa shape index (κ2) is 9.72. The monoisotopic (exact) mass is 267 g/mol. The Balaban J connectivity index is 2.37. The summed E-state index contributed by atoms with van der Waals surface area (Å²) in [5.74, 6) is 0. The number of nitrogens with zero attached hydrogens (tertiary/aromatic N) is 1. The molecule has 5 nitrogen and oxygen atoms in total.